The minimum atomic E-state index is -1.38. The summed E-state index contributed by atoms with van der Waals surface area (Å²) in [5.74, 6) is -0.215. The molecule has 2 rings (SSSR count). The van der Waals surface area contributed by atoms with Crippen LogP contribution in [0.25, 0.3) is 0 Å². The molecule has 5 atom stereocenters. The molecule has 0 aliphatic carbocycles. The molecule has 0 spiro atoms. The van der Waals surface area contributed by atoms with Gasteiger partial charge in [-0.1, -0.05) is 0 Å². The van der Waals surface area contributed by atoms with E-state index in [9.17, 15) is 19.8 Å². The lowest BCUT2D eigenvalue weighted by molar-refractivity contribution is -0.254. The molecule has 1 saturated heterocycles. The number of nitrogens with zero attached hydrogens (tertiary/aromatic N) is 1. The first kappa shape index (κ1) is 15.6. The molecule has 11 nitrogen and oxygen atoms in total. The zero-order chi connectivity index (χ0) is 15.6. The lowest BCUT2D eigenvalue weighted by Crippen LogP contribution is -2.61. The predicted octanol–water partition coefficient (Wildman–Crippen LogP) is -3.68. The van der Waals surface area contributed by atoms with E-state index < -0.39 is 48.6 Å². The van der Waals surface area contributed by atoms with E-state index in [1.807, 2.05) is 4.98 Å². The second-order valence-corrected chi connectivity index (χ2v) is 4.46. The van der Waals surface area contributed by atoms with Gasteiger partial charge < -0.3 is 30.1 Å². The Morgan fingerprint density at radius 3 is 2.62 bits per heavy atom. The van der Waals surface area contributed by atoms with E-state index in [1.165, 1.54) is 7.11 Å². The number of aliphatic hydroxyl groups excluding tert-OH is 3. The zero-order valence-corrected chi connectivity index (χ0v) is 11.0. The summed E-state index contributed by atoms with van der Waals surface area (Å²) in [6.07, 6.45) is -4.82. The maximum absolute atomic E-state index is 11.1. The van der Waals surface area contributed by atoms with Crippen molar-refractivity contribution in [3.8, 4) is 0 Å². The molecule has 0 bridgehead atoms. The van der Waals surface area contributed by atoms with Gasteiger partial charge in [-0.2, -0.15) is 4.98 Å². The number of anilines is 1. The highest BCUT2D eigenvalue weighted by Crippen LogP contribution is 2.23. The Kier molecular flexibility index (Phi) is 4.69. The fourth-order valence-electron chi connectivity index (χ4n) is 2.06. The van der Waals surface area contributed by atoms with E-state index in [-0.39, 0.29) is 5.95 Å². The minimum absolute atomic E-state index is 0.215. The number of aromatic nitrogens is 3. The molecule has 0 radical (unpaired) electrons. The molecule has 2 heterocycles. The third kappa shape index (κ3) is 3.28. The van der Waals surface area contributed by atoms with Crippen molar-refractivity contribution < 1.29 is 24.8 Å². The number of aliphatic hydroxyl groups is 3. The van der Waals surface area contributed by atoms with Crippen LogP contribution in [-0.4, -0.2) is 74.6 Å². The van der Waals surface area contributed by atoms with Crippen LogP contribution in [-0.2, 0) is 9.47 Å². The third-order valence-electron chi connectivity index (χ3n) is 3.08. The van der Waals surface area contributed by atoms with E-state index >= 15 is 0 Å². The maximum atomic E-state index is 11.1. The Hall–Kier alpha value is -1.79. The van der Waals surface area contributed by atoms with Crippen LogP contribution < -0.4 is 16.7 Å². The Labute approximate surface area is 117 Å². The Morgan fingerprint density at radius 2 is 2.05 bits per heavy atom. The fraction of sp³-hybridized carbons (Fsp3) is 0.700. The maximum Gasteiger partial charge on any atom is 0.352 e. The van der Waals surface area contributed by atoms with Crippen LogP contribution in [0.15, 0.2) is 9.59 Å². The zero-order valence-electron chi connectivity index (χ0n) is 11.0. The second kappa shape index (κ2) is 6.32. The highest BCUT2D eigenvalue weighted by atomic mass is 16.7. The summed E-state index contributed by atoms with van der Waals surface area (Å²) < 4.78 is 10.3. The minimum Gasteiger partial charge on any atom is -0.394 e. The highest BCUT2D eigenvalue weighted by Gasteiger charge is 2.44. The number of hydrogen-bond donors (Lipinski definition) is 6. The van der Waals surface area contributed by atoms with Crippen molar-refractivity contribution in [2.75, 3.05) is 19.0 Å². The number of nitrogens with one attached hydrogen (secondary N) is 3. The number of rotatable bonds is 4. The molecule has 1 unspecified atom stereocenters. The largest absolute Gasteiger partial charge is 0.394 e. The van der Waals surface area contributed by atoms with E-state index in [1.54, 1.807) is 0 Å². The Bertz CT molecular complexity index is 557. The first-order chi connectivity index (χ1) is 9.96. The van der Waals surface area contributed by atoms with Crippen LogP contribution in [0.5, 0.6) is 0 Å². The van der Waals surface area contributed by atoms with Gasteiger partial charge in [0.1, 0.15) is 24.4 Å². The third-order valence-corrected chi connectivity index (χ3v) is 3.08. The van der Waals surface area contributed by atoms with Gasteiger partial charge in [0.25, 0.3) is 0 Å². The standard InChI is InChI=1S/C10H16N4O7/c1-20-7-4(6(17)5(16)3(2-15)21-7)11-8-12-9(18)14-10(19)13-8/h3-7,15-17H,2H2,1H3,(H3,11,12,13,14,18,19)/t3-,4?,5+,6-,7-/m1/s1. The number of H-pyrrole nitrogens is 2. The SMILES string of the molecule is CO[C@@H]1O[C@H](CO)[C@H](O)[C@H](O)C1Nc1nc(=O)[nH]c(=O)[nH]1. The van der Waals surface area contributed by atoms with Crippen LogP contribution >= 0.6 is 0 Å². The molecule has 21 heavy (non-hydrogen) atoms. The number of hydrogen-bond acceptors (Lipinski definition) is 9. The van der Waals surface area contributed by atoms with E-state index in [4.69, 9.17) is 14.6 Å². The predicted molar refractivity (Wildman–Crippen MR) is 67.7 cm³/mol. The molecule has 11 heteroatoms. The van der Waals surface area contributed by atoms with E-state index in [0.29, 0.717) is 0 Å². The second-order valence-electron chi connectivity index (χ2n) is 4.46. The van der Waals surface area contributed by atoms with Crippen molar-refractivity contribution in [2.45, 2.75) is 30.6 Å². The molecule has 0 aromatic carbocycles. The van der Waals surface area contributed by atoms with Crippen molar-refractivity contribution >= 4 is 5.95 Å². The summed E-state index contributed by atoms with van der Waals surface area (Å²) in [5, 5.41) is 31.5. The lowest BCUT2D eigenvalue weighted by atomic mass is 9.97. The summed E-state index contributed by atoms with van der Waals surface area (Å²) in [7, 11) is 1.30. The Balaban J connectivity index is 2.23. The van der Waals surface area contributed by atoms with Gasteiger partial charge in [0.2, 0.25) is 5.95 Å². The first-order valence-corrected chi connectivity index (χ1v) is 6.08. The van der Waals surface area contributed by atoms with Crippen LogP contribution in [0.2, 0.25) is 0 Å². The fourth-order valence-corrected chi connectivity index (χ4v) is 2.06. The van der Waals surface area contributed by atoms with Crippen LogP contribution in [0.1, 0.15) is 0 Å². The molecular formula is C10H16N4O7. The smallest absolute Gasteiger partial charge is 0.352 e. The molecule has 1 aliphatic rings. The molecule has 1 aliphatic heterocycles. The molecule has 1 fully saturated rings. The van der Waals surface area contributed by atoms with Crippen molar-refractivity contribution in [3.63, 3.8) is 0 Å². The molecule has 0 amide bonds. The first-order valence-electron chi connectivity index (χ1n) is 6.08. The van der Waals surface area contributed by atoms with Crippen molar-refractivity contribution in [1.29, 1.82) is 0 Å². The molecule has 118 valence electrons. The van der Waals surface area contributed by atoms with Crippen LogP contribution in [0.3, 0.4) is 0 Å². The Morgan fingerprint density at radius 1 is 1.33 bits per heavy atom. The van der Waals surface area contributed by atoms with Crippen molar-refractivity contribution in [2.24, 2.45) is 0 Å². The van der Waals surface area contributed by atoms with Crippen LogP contribution in [0, 0.1) is 0 Å². The molecule has 6 N–H and O–H groups in total. The molecule has 0 saturated carbocycles. The van der Waals surface area contributed by atoms with Gasteiger partial charge in [0.15, 0.2) is 6.29 Å². The average Bonchev–Trinajstić information content (AvgIpc) is 2.43. The average molecular weight is 304 g/mol. The topological polar surface area (TPSA) is 170 Å². The van der Waals surface area contributed by atoms with Crippen molar-refractivity contribution in [3.05, 3.63) is 21.0 Å². The number of ether oxygens (including phenoxy) is 2. The van der Waals surface area contributed by atoms with Gasteiger partial charge in [0.05, 0.1) is 6.61 Å². The number of methoxy groups -OCH3 is 1. The van der Waals surface area contributed by atoms with Gasteiger partial charge in [0, 0.05) is 7.11 Å². The molecule has 1 aromatic heterocycles. The van der Waals surface area contributed by atoms with Gasteiger partial charge in [-0.25, -0.2) is 9.59 Å². The van der Waals surface area contributed by atoms with Crippen molar-refractivity contribution in [1.82, 2.24) is 15.0 Å². The quantitative estimate of drug-likeness (QED) is 0.328. The normalized spacial score (nSPS) is 32.9. The summed E-state index contributed by atoms with van der Waals surface area (Å²) in [6.45, 7) is -0.509. The highest BCUT2D eigenvalue weighted by molar-refractivity contribution is 5.25. The summed E-state index contributed by atoms with van der Waals surface area (Å²) >= 11 is 0. The van der Waals surface area contributed by atoms with E-state index in [2.05, 4.69) is 15.3 Å². The van der Waals surface area contributed by atoms with Gasteiger partial charge in [-0.15, -0.1) is 0 Å². The lowest BCUT2D eigenvalue weighted by Gasteiger charge is -2.41. The number of aromatic amines is 2. The van der Waals surface area contributed by atoms with Gasteiger partial charge in [-0.3, -0.25) is 9.97 Å². The van der Waals surface area contributed by atoms with Gasteiger partial charge in [-0.05, 0) is 0 Å². The summed E-state index contributed by atoms with van der Waals surface area (Å²) in [5.41, 5.74) is -1.67. The monoisotopic (exact) mass is 304 g/mol. The van der Waals surface area contributed by atoms with Crippen LogP contribution in [0.4, 0.5) is 5.95 Å². The van der Waals surface area contributed by atoms with E-state index in [0.717, 1.165) is 0 Å². The summed E-state index contributed by atoms with van der Waals surface area (Å²) in [4.78, 5) is 29.8. The van der Waals surface area contributed by atoms with Gasteiger partial charge >= 0.3 is 11.4 Å². The molecule has 1 aromatic rings. The summed E-state index contributed by atoms with van der Waals surface area (Å²) in [6, 6.07) is -1.02. The molecular weight excluding hydrogens is 288 g/mol.